The molecule has 2 heterocycles. The van der Waals surface area contributed by atoms with E-state index in [1.54, 1.807) is 0 Å². The van der Waals surface area contributed by atoms with Gasteiger partial charge in [0.2, 0.25) is 5.91 Å². The molecule has 31 heavy (non-hydrogen) atoms. The molecule has 6 heteroatoms. The molecule has 1 N–H and O–H groups in total. The van der Waals surface area contributed by atoms with Crippen LogP contribution < -0.4 is 5.32 Å². The van der Waals surface area contributed by atoms with E-state index in [0.29, 0.717) is 13.0 Å². The molecule has 1 unspecified atom stereocenters. The molecule has 0 bridgehead atoms. The fraction of sp³-hybridized carbons (Fsp3) is 0.440. The number of benzene rings is 2. The Labute approximate surface area is 184 Å². The number of likely N-dealkylation sites (N-methyl/N-ethyl adjacent to an activating group) is 1. The van der Waals surface area contributed by atoms with Crippen LogP contribution in [0.5, 0.6) is 0 Å². The highest BCUT2D eigenvalue weighted by atomic mass is 16.5. The molecule has 2 amide bonds. The van der Waals surface area contributed by atoms with Gasteiger partial charge in [-0.25, -0.2) is 0 Å². The first-order chi connectivity index (χ1) is 15.0. The van der Waals surface area contributed by atoms with Crippen LogP contribution in [0, 0.1) is 0 Å². The van der Waals surface area contributed by atoms with Gasteiger partial charge in [-0.15, -0.1) is 0 Å². The van der Waals surface area contributed by atoms with Crippen molar-refractivity contribution in [3.63, 3.8) is 0 Å². The number of ether oxygens (including phenoxy) is 1. The Morgan fingerprint density at radius 2 is 1.87 bits per heavy atom. The molecule has 1 fully saturated rings. The predicted molar refractivity (Wildman–Crippen MR) is 121 cm³/mol. The van der Waals surface area contributed by atoms with Crippen LogP contribution in [0.1, 0.15) is 42.5 Å². The summed E-state index contributed by atoms with van der Waals surface area (Å²) in [5.41, 5.74) is 3.93. The van der Waals surface area contributed by atoms with Gasteiger partial charge in [-0.1, -0.05) is 42.5 Å². The molecule has 6 nitrogen and oxygen atoms in total. The van der Waals surface area contributed by atoms with Gasteiger partial charge in [0.15, 0.2) is 0 Å². The first-order valence-corrected chi connectivity index (χ1v) is 11.1. The summed E-state index contributed by atoms with van der Waals surface area (Å²) < 4.78 is 6.01. The van der Waals surface area contributed by atoms with E-state index < -0.39 is 6.10 Å². The Morgan fingerprint density at radius 3 is 2.58 bits per heavy atom. The van der Waals surface area contributed by atoms with Crippen molar-refractivity contribution >= 4 is 17.5 Å². The van der Waals surface area contributed by atoms with Crippen LogP contribution in [0.4, 0.5) is 5.69 Å². The number of nitrogens with zero attached hydrogens (tertiary/aromatic N) is 2. The molecule has 0 aromatic heterocycles. The molecule has 2 aliphatic heterocycles. The lowest BCUT2D eigenvalue weighted by atomic mass is 9.96. The Hall–Kier alpha value is -2.70. The standard InChI is InChI=1S/C25H31N3O3/c1-18(29)26-22-12-8-11-20-15-24(31-17-21(20)22)25(30)27(2)23(16-28-13-6-7-14-28)19-9-4-3-5-10-19/h3-5,8-12,23-24H,6-7,13-17H2,1-2H3,(H,26,29)/t23?,24-/m0/s1. The van der Waals surface area contributed by atoms with Gasteiger partial charge in [0.05, 0.1) is 12.6 Å². The van der Waals surface area contributed by atoms with Crippen LogP contribution in [-0.4, -0.2) is 54.4 Å². The average Bonchev–Trinajstić information content (AvgIpc) is 3.30. The second kappa shape index (κ2) is 9.62. The smallest absolute Gasteiger partial charge is 0.252 e. The van der Waals surface area contributed by atoms with Crippen molar-refractivity contribution in [1.29, 1.82) is 0 Å². The average molecular weight is 422 g/mol. The summed E-state index contributed by atoms with van der Waals surface area (Å²) in [6.45, 7) is 4.82. The lowest BCUT2D eigenvalue weighted by Gasteiger charge is -2.35. The first kappa shape index (κ1) is 21.5. The number of fused-ring (bicyclic) bond motifs is 1. The number of rotatable bonds is 6. The van der Waals surface area contributed by atoms with Crippen molar-refractivity contribution in [3.8, 4) is 0 Å². The molecule has 4 rings (SSSR count). The summed E-state index contributed by atoms with van der Waals surface area (Å²) in [6, 6.07) is 16.1. The SMILES string of the molecule is CC(=O)Nc1cccc2c1CO[C@H](C(=O)N(C)C(CN1CCCC1)c1ccccc1)C2. The zero-order chi connectivity index (χ0) is 21.8. The van der Waals surface area contributed by atoms with E-state index in [1.807, 2.05) is 48.3 Å². The molecule has 2 atom stereocenters. The molecule has 2 aromatic carbocycles. The molecule has 0 aliphatic carbocycles. The number of carbonyl (C=O) groups is 2. The van der Waals surface area contributed by atoms with Crippen molar-refractivity contribution in [2.75, 3.05) is 32.0 Å². The maximum absolute atomic E-state index is 13.5. The fourth-order valence-electron chi connectivity index (χ4n) is 4.62. The number of anilines is 1. The Morgan fingerprint density at radius 1 is 1.13 bits per heavy atom. The quantitative estimate of drug-likeness (QED) is 0.777. The van der Waals surface area contributed by atoms with Crippen molar-refractivity contribution < 1.29 is 14.3 Å². The van der Waals surface area contributed by atoms with Gasteiger partial charge in [-0.2, -0.15) is 0 Å². The Kier molecular flexibility index (Phi) is 6.68. The highest BCUT2D eigenvalue weighted by Crippen LogP contribution is 2.30. The number of hydrogen-bond donors (Lipinski definition) is 1. The molecule has 1 saturated heterocycles. The molecule has 164 valence electrons. The maximum atomic E-state index is 13.5. The van der Waals surface area contributed by atoms with Gasteiger partial charge in [0.25, 0.3) is 5.91 Å². The van der Waals surface area contributed by atoms with E-state index in [2.05, 4.69) is 22.3 Å². The second-order valence-electron chi connectivity index (χ2n) is 8.51. The number of hydrogen-bond acceptors (Lipinski definition) is 4. The molecule has 2 aliphatic rings. The van der Waals surface area contributed by atoms with E-state index >= 15 is 0 Å². The van der Waals surface area contributed by atoms with Crippen LogP contribution in [-0.2, 0) is 27.4 Å². The maximum Gasteiger partial charge on any atom is 0.252 e. The Balaban J connectivity index is 1.51. The second-order valence-corrected chi connectivity index (χ2v) is 8.51. The largest absolute Gasteiger partial charge is 0.363 e. The first-order valence-electron chi connectivity index (χ1n) is 11.1. The zero-order valence-electron chi connectivity index (χ0n) is 18.3. The lowest BCUT2D eigenvalue weighted by molar-refractivity contribution is -0.146. The lowest BCUT2D eigenvalue weighted by Crippen LogP contribution is -2.45. The number of carbonyl (C=O) groups excluding carboxylic acids is 2. The monoisotopic (exact) mass is 421 g/mol. The van der Waals surface area contributed by atoms with E-state index in [-0.39, 0.29) is 17.9 Å². The van der Waals surface area contributed by atoms with Crippen LogP contribution in [0.25, 0.3) is 0 Å². The summed E-state index contributed by atoms with van der Waals surface area (Å²) in [7, 11) is 1.89. The molecule has 2 aromatic rings. The predicted octanol–water partition coefficient (Wildman–Crippen LogP) is 3.38. The number of nitrogens with one attached hydrogen (secondary N) is 1. The van der Waals surface area contributed by atoms with Crippen molar-refractivity contribution in [3.05, 3.63) is 65.2 Å². The van der Waals surface area contributed by atoms with Gasteiger partial charge in [-0.3, -0.25) is 9.59 Å². The van der Waals surface area contributed by atoms with E-state index in [9.17, 15) is 9.59 Å². The summed E-state index contributed by atoms with van der Waals surface area (Å²) in [4.78, 5) is 29.3. The van der Waals surface area contributed by atoms with Gasteiger partial charge in [0, 0.05) is 38.2 Å². The van der Waals surface area contributed by atoms with Crippen LogP contribution in [0.2, 0.25) is 0 Å². The molecule has 0 spiro atoms. The molecular formula is C25H31N3O3. The van der Waals surface area contributed by atoms with Gasteiger partial charge >= 0.3 is 0 Å². The third kappa shape index (κ3) is 4.97. The molecule has 0 radical (unpaired) electrons. The van der Waals surface area contributed by atoms with Crippen molar-refractivity contribution in [2.45, 2.75) is 44.9 Å². The van der Waals surface area contributed by atoms with Gasteiger partial charge < -0.3 is 19.9 Å². The highest BCUT2D eigenvalue weighted by Gasteiger charge is 2.33. The van der Waals surface area contributed by atoms with E-state index in [0.717, 1.165) is 42.0 Å². The number of likely N-dealkylation sites (tertiary alicyclic amines) is 1. The van der Waals surface area contributed by atoms with Crippen LogP contribution >= 0.6 is 0 Å². The molecular weight excluding hydrogens is 390 g/mol. The van der Waals surface area contributed by atoms with Gasteiger partial charge in [0.1, 0.15) is 6.10 Å². The summed E-state index contributed by atoms with van der Waals surface area (Å²) in [6.07, 6.45) is 2.43. The zero-order valence-corrected chi connectivity index (χ0v) is 18.3. The van der Waals surface area contributed by atoms with Crippen LogP contribution in [0.3, 0.4) is 0 Å². The topological polar surface area (TPSA) is 61.9 Å². The summed E-state index contributed by atoms with van der Waals surface area (Å²) >= 11 is 0. The van der Waals surface area contributed by atoms with Crippen LogP contribution in [0.15, 0.2) is 48.5 Å². The third-order valence-electron chi connectivity index (χ3n) is 6.32. The highest BCUT2D eigenvalue weighted by molar-refractivity contribution is 5.90. The van der Waals surface area contributed by atoms with Crippen molar-refractivity contribution in [2.24, 2.45) is 0 Å². The minimum Gasteiger partial charge on any atom is -0.363 e. The third-order valence-corrected chi connectivity index (χ3v) is 6.32. The minimum atomic E-state index is -0.519. The van der Waals surface area contributed by atoms with Gasteiger partial charge in [-0.05, 0) is 43.1 Å². The number of amides is 2. The minimum absolute atomic E-state index is 0.00336. The Bertz CT molecular complexity index is 925. The normalized spacial score (nSPS) is 19.5. The van der Waals surface area contributed by atoms with E-state index in [1.165, 1.54) is 19.8 Å². The summed E-state index contributed by atoms with van der Waals surface area (Å²) in [5.74, 6) is -0.109. The summed E-state index contributed by atoms with van der Waals surface area (Å²) in [5, 5.41) is 2.86. The fourth-order valence-corrected chi connectivity index (χ4v) is 4.62. The van der Waals surface area contributed by atoms with Crippen molar-refractivity contribution in [1.82, 2.24) is 9.80 Å². The van der Waals surface area contributed by atoms with E-state index in [4.69, 9.17) is 4.74 Å². The molecule has 0 saturated carbocycles.